The van der Waals surface area contributed by atoms with Gasteiger partial charge in [-0.2, -0.15) is 0 Å². The molecule has 4 nitrogen and oxygen atoms in total. The standard InChI is InChI=1S/C21H23F2NO.C20H15F2NO/c1-24-10-8-15(9-11-24)21(25)13-19(14-2-4-16(22)5-3-14)18-7-6-17(23)12-20(18)21;21-15-3-1-13(2-4-15)18-12-20(24,14-7-9-23-10-8-14)19-11-16(22)5-6-17(18)19/h2-7,12,15,19,25H,8-11,13H2,1H3;1-11,18,24H,12H2. The summed E-state index contributed by atoms with van der Waals surface area (Å²) in [6.45, 7) is 1.89. The van der Waals surface area contributed by atoms with Crippen LogP contribution in [0.2, 0.25) is 0 Å². The summed E-state index contributed by atoms with van der Waals surface area (Å²) < 4.78 is 54.3. The van der Waals surface area contributed by atoms with E-state index in [0.29, 0.717) is 24.0 Å². The Kier molecular flexibility index (Phi) is 8.90. The van der Waals surface area contributed by atoms with E-state index < -0.39 is 11.2 Å². The molecule has 2 heterocycles. The molecule has 1 aliphatic heterocycles. The molecular formula is C41H38F4N2O2. The van der Waals surface area contributed by atoms with Gasteiger partial charge in [0.15, 0.2) is 0 Å². The average molecular weight is 667 g/mol. The maximum atomic E-state index is 13.9. The zero-order valence-corrected chi connectivity index (χ0v) is 27.2. The van der Waals surface area contributed by atoms with Crippen LogP contribution in [0.3, 0.4) is 0 Å². The fraction of sp³-hybridized carbons (Fsp3) is 0.293. The smallest absolute Gasteiger partial charge is 0.123 e. The highest BCUT2D eigenvalue weighted by molar-refractivity contribution is 5.51. The number of fused-ring (bicyclic) bond motifs is 2. The van der Waals surface area contributed by atoms with Gasteiger partial charge in [0.25, 0.3) is 0 Å². The van der Waals surface area contributed by atoms with Crippen molar-refractivity contribution in [3.8, 4) is 0 Å². The Hall–Kier alpha value is -4.37. The Morgan fingerprint density at radius 1 is 0.612 bits per heavy atom. The van der Waals surface area contributed by atoms with Crippen LogP contribution in [-0.2, 0) is 11.2 Å². The highest BCUT2D eigenvalue weighted by Crippen LogP contribution is 2.54. The number of hydrogen-bond donors (Lipinski definition) is 2. The molecular weight excluding hydrogens is 628 g/mol. The molecule has 8 heteroatoms. The van der Waals surface area contributed by atoms with Crippen LogP contribution in [0, 0.1) is 29.2 Å². The van der Waals surface area contributed by atoms with Gasteiger partial charge in [-0.25, -0.2) is 17.6 Å². The Labute approximate surface area is 283 Å². The van der Waals surface area contributed by atoms with Crippen molar-refractivity contribution < 1.29 is 27.8 Å². The van der Waals surface area contributed by atoms with Crippen molar-refractivity contribution in [1.82, 2.24) is 9.88 Å². The van der Waals surface area contributed by atoms with Gasteiger partial charge >= 0.3 is 0 Å². The SMILES string of the molecule is CN1CCC(C2(O)CC(c3ccc(F)cc3)c3ccc(F)cc32)CC1.OC1(c2ccncc2)CC(c2ccc(F)cc2)c2ccc(F)cc21. The third kappa shape index (κ3) is 6.29. The van der Waals surface area contributed by atoms with Crippen LogP contribution in [0.4, 0.5) is 17.6 Å². The number of halogens is 4. The second-order valence-corrected chi connectivity index (χ2v) is 13.7. The minimum atomic E-state index is -1.29. The summed E-state index contributed by atoms with van der Waals surface area (Å²) in [6, 6.07) is 25.4. The zero-order valence-electron chi connectivity index (χ0n) is 27.2. The lowest BCUT2D eigenvalue weighted by Gasteiger charge is -2.39. The fourth-order valence-electron chi connectivity index (χ4n) is 8.20. The molecule has 5 aromatic rings. The number of hydrogen-bond acceptors (Lipinski definition) is 4. The van der Waals surface area contributed by atoms with Crippen LogP contribution in [0.1, 0.15) is 76.5 Å². The van der Waals surface area contributed by atoms with Crippen molar-refractivity contribution in [2.24, 2.45) is 5.92 Å². The van der Waals surface area contributed by atoms with Crippen molar-refractivity contribution in [2.75, 3.05) is 20.1 Å². The predicted octanol–water partition coefficient (Wildman–Crippen LogP) is 8.16. The second kappa shape index (κ2) is 13.2. The predicted molar refractivity (Wildman–Crippen MR) is 180 cm³/mol. The van der Waals surface area contributed by atoms with E-state index in [1.807, 2.05) is 0 Å². The molecule has 0 saturated carbocycles. The summed E-state index contributed by atoms with van der Waals surface area (Å²) in [5, 5.41) is 23.0. The quantitative estimate of drug-likeness (QED) is 0.190. The van der Waals surface area contributed by atoms with Gasteiger partial charge in [0.1, 0.15) is 28.9 Å². The Bertz CT molecular complexity index is 1930. The number of likely N-dealkylation sites (tertiary alicyclic amines) is 1. The van der Waals surface area contributed by atoms with Gasteiger partial charge in [-0.1, -0.05) is 36.4 Å². The molecule has 0 amide bonds. The van der Waals surface area contributed by atoms with Gasteiger partial charge in [0, 0.05) is 24.2 Å². The maximum absolute atomic E-state index is 13.9. The number of rotatable bonds is 4. The molecule has 252 valence electrons. The highest BCUT2D eigenvalue weighted by Gasteiger charge is 2.49. The third-order valence-corrected chi connectivity index (χ3v) is 10.8. The van der Waals surface area contributed by atoms with E-state index in [-0.39, 0.29) is 41.0 Å². The first-order valence-electron chi connectivity index (χ1n) is 16.7. The van der Waals surface area contributed by atoms with E-state index in [9.17, 15) is 27.8 Å². The molecule has 4 aromatic carbocycles. The van der Waals surface area contributed by atoms with Crippen LogP contribution < -0.4 is 0 Å². The van der Waals surface area contributed by atoms with Gasteiger partial charge < -0.3 is 15.1 Å². The van der Waals surface area contributed by atoms with Crippen molar-refractivity contribution in [3.05, 3.63) is 172 Å². The molecule has 49 heavy (non-hydrogen) atoms. The number of aromatic nitrogens is 1. The summed E-state index contributed by atoms with van der Waals surface area (Å²) in [7, 11) is 2.09. The molecule has 2 aliphatic carbocycles. The van der Waals surface area contributed by atoms with Crippen molar-refractivity contribution in [2.45, 2.75) is 48.7 Å². The summed E-state index contributed by atoms with van der Waals surface area (Å²) in [5.74, 6) is -1.31. The maximum Gasteiger partial charge on any atom is 0.123 e. The van der Waals surface area contributed by atoms with E-state index in [4.69, 9.17) is 0 Å². The van der Waals surface area contributed by atoms with E-state index >= 15 is 0 Å². The number of piperidine rings is 1. The summed E-state index contributed by atoms with van der Waals surface area (Å²) >= 11 is 0. The summed E-state index contributed by atoms with van der Waals surface area (Å²) in [4.78, 5) is 6.24. The van der Waals surface area contributed by atoms with Crippen molar-refractivity contribution in [1.29, 1.82) is 0 Å². The van der Waals surface area contributed by atoms with Crippen LogP contribution in [0.25, 0.3) is 0 Å². The fourth-order valence-corrected chi connectivity index (χ4v) is 8.20. The highest BCUT2D eigenvalue weighted by atomic mass is 19.1. The van der Waals surface area contributed by atoms with Gasteiger partial charge in [-0.15, -0.1) is 0 Å². The molecule has 2 N–H and O–H groups in total. The van der Waals surface area contributed by atoms with Crippen LogP contribution in [-0.4, -0.2) is 40.2 Å². The topological polar surface area (TPSA) is 56.6 Å². The van der Waals surface area contributed by atoms with Gasteiger partial charge in [-0.3, -0.25) is 4.98 Å². The molecule has 0 radical (unpaired) electrons. The van der Waals surface area contributed by atoms with Gasteiger partial charge in [0.05, 0.1) is 5.60 Å². The lowest BCUT2D eigenvalue weighted by atomic mass is 9.76. The lowest BCUT2D eigenvalue weighted by molar-refractivity contribution is -0.0468. The van der Waals surface area contributed by atoms with Crippen LogP contribution in [0.15, 0.2) is 109 Å². The Balaban J connectivity index is 0.000000154. The van der Waals surface area contributed by atoms with Crippen LogP contribution in [0.5, 0.6) is 0 Å². The monoisotopic (exact) mass is 666 g/mol. The minimum Gasteiger partial charge on any atom is -0.385 e. The van der Waals surface area contributed by atoms with Crippen molar-refractivity contribution >= 4 is 0 Å². The summed E-state index contributed by atoms with van der Waals surface area (Å²) in [6.07, 6.45) is 5.93. The number of pyridine rings is 1. The first kappa shape index (κ1) is 33.1. The molecule has 1 aromatic heterocycles. The Morgan fingerprint density at radius 3 is 1.63 bits per heavy atom. The van der Waals surface area contributed by atoms with E-state index in [2.05, 4.69) is 16.9 Å². The second-order valence-electron chi connectivity index (χ2n) is 13.7. The number of aliphatic hydroxyl groups is 2. The van der Waals surface area contributed by atoms with E-state index in [1.54, 1.807) is 60.9 Å². The van der Waals surface area contributed by atoms with E-state index in [1.165, 1.54) is 48.5 Å². The molecule has 1 saturated heterocycles. The lowest BCUT2D eigenvalue weighted by Crippen LogP contribution is -2.41. The van der Waals surface area contributed by atoms with Gasteiger partial charge in [-0.05, 0) is 151 Å². The first-order valence-corrected chi connectivity index (χ1v) is 16.7. The molecule has 3 aliphatic rings. The number of nitrogens with zero attached hydrogens (tertiary/aromatic N) is 2. The molecule has 1 fully saturated rings. The van der Waals surface area contributed by atoms with E-state index in [0.717, 1.165) is 53.7 Å². The molecule has 0 bridgehead atoms. The zero-order chi connectivity index (χ0) is 34.3. The molecule has 4 unspecified atom stereocenters. The molecule has 4 atom stereocenters. The third-order valence-electron chi connectivity index (χ3n) is 10.8. The van der Waals surface area contributed by atoms with Crippen molar-refractivity contribution in [3.63, 3.8) is 0 Å². The summed E-state index contributed by atoms with van der Waals surface area (Å²) in [5.41, 5.74) is 3.34. The largest absolute Gasteiger partial charge is 0.385 e. The Morgan fingerprint density at radius 2 is 1.08 bits per heavy atom. The first-order chi connectivity index (χ1) is 23.5. The average Bonchev–Trinajstić information content (AvgIpc) is 3.58. The van der Waals surface area contributed by atoms with Gasteiger partial charge in [0.2, 0.25) is 0 Å². The molecule has 8 rings (SSSR count). The number of benzene rings is 4. The van der Waals surface area contributed by atoms with Crippen LogP contribution >= 0.6 is 0 Å². The minimum absolute atomic E-state index is 0.0270. The normalized spacial score (nSPS) is 25.0. The molecule has 0 spiro atoms.